The van der Waals surface area contributed by atoms with E-state index in [1.807, 2.05) is 0 Å². The van der Waals surface area contributed by atoms with Gasteiger partial charge in [-0.15, -0.1) is 0 Å². The van der Waals surface area contributed by atoms with Crippen LogP contribution in [0.15, 0.2) is 0 Å². The Bertz CT molecular complexity index is 533. The van der Waals surface area contributed by atoms with Gasteiger partial charge >= 0.3 is 5.97 Å². The van der Waals surface area contributed by atoms with Crippen molar-refractivity contribution in [3.8, 4) is 0 Å². The summed E-state index contributed by atoms with van der Waals surface area (Å²) in [6.07, 6.45) is 2.09. The second-order valence-corrected chi connectivity index (χ2v) is 8.70. The summed E-state index contributed by atoms with van der Waals surface area (Å²) < 4.78 is 5.36. The summed E-state index contributed by atoms with van der Waals surface area (Å²) in [6, 6.07) is 0. The second kappa shape index (κ2) is 3.48. The summed E-state index contributed by atoms with van der Waals surface area (Å²) in [5.41, 5.74) is -1.02. The molecule has 5 aliphatic rings. The smallest absolute Gasteiger partial charge is 0.302 e. The Kier molecular flexibility index (Phi) is 2.32. The van der Waals surface area contributed by atoms with Crippen molar-refractivity contribution >= 4 is 5.97 Å². The van der Waals surface area contributed by atoms with Crippen LogP contribution in [0.2, 0.25) is 0 Å². The van der Waals surface area contributed by atoms with E-state index < -0.39 is 17.6 Å². The van der Waals surface area contributed by atoms with E-state index in [2.05, 4.69) is 20.8 Å². The molecule has 0 aromatic rings. The van der Waals surface area contributed by atoms with Crippen LogP contribution in [0.1, 0.15) is 47.0 Å². The predicted molar refractivity (Wildman–Crippen MR) is 76.2 cm³/mol. The summed E-state index contributed by atoms with van der Waals surface area (Å²) in [7, 11) is 0. The molecule has 0 radical (unpaired) electrons. The SMILES string of the molecule is CC(=O)OC[C@@]1(C)CCC[C@]2(C)C3C4[C@@H](O)[C@@]12[C@@H](O)C43C. The molecule has 5 saturated carbocycles. The van der Waals surface area contributed by atoms with Crippen LogP contribution < -0.4 is 0 Å². The number of ether oxygens (including phenoxy) is 1. The first-order chi connectivity index (χ1) is 9.68. The van der Waals surface area contributed by atoms with Crippen LogP contribution in [0.5, 0.6) is 0 Å². The minimum absolute atomic E-state index is 0.0294. The fourth-order valence-corrected chi connectivity index (χ4v) is 7.61. The Morgan fingerprint density at radius 2 is 1.90 bits per heavy atom. The summed E-state index contributed by atoms with van der Waals surface area (Å²) in [4.78, 5) is 11.3. The van der Waals surface area contributed by atoms with Gasteiger partial charge in [-0.05, 0) is 30.1 Å². The molecule has 0 heterocycles. The number of carbonyl (C=O) groups excluding carboxylic acids is 1. The third-order valence-electron chi connectivity index (χ3n) is 8.11. The molecule has 118 valence electrons. The Hall–Kier alpha value is -0.610. The summed E-state index contributed by atoms with van der Waals surface area (Å²) in [5.74, 6) is 0.370. The molecule has 0 amide bonds. The van der Waals surface area contributed by atoms with Gasteiger partial charge in [0.1, 0.15) is 0 Å². The van der Waals surface area contributed by atoms with E-state index in [1.165, 1.54) is 6.92 Å². The van der Waals surface area contributed by atoms with Crippen LogP contribution in [0.25, 0.3) is 0 Å². The molecule has 2 N–H and O–H groups in total. The van der Waals surface area contributed by atoms with Crippen molar-refractivity contribution in [1.82, 2.24) is 0 Å². The minimum Gasteiger partial charge on any atom is -0.465 e. The van der Waals surface area contributed by atoms with Crippen molar-refractivity contribution in [1.29, 1.82) is 0 Å². The zero-order valence-corrected chi connectivity index (χ0v) is 13.3. The molecule has 4 nitrogen and oxygen atoms in total. The average Bonchev–Trinajstić information content (AvgIpc) is 2.85. The zero-order valence-electron chi connectivity index (χ0n) is 13.3. The van der Waals surface area contributed by atoms with Gasteiger partial charge in [-0.2, -0.15) is 0 Å². The number of hydrogen-bond acceptors (Lipinski definition) is 4. The van der Waals surface area contributed by atoms with Crippen molar-refractivity contribution in [3.63, 3.8) is 0 Å². The van der Waals surface area contributed by atoms with Crippen LogP contribution in [0, 0.1) is 33.5 Å². The fourth-order valence-electron chi connectivity index (χ4n) is 7.61. The molecule has 21 heavy (non-hydrogen) atoms. The molecule has 4 heteroatoms. The first kappa shape index (κ1) is 14.0. The highest BCUT2D eigenvalue weighted by molar-refractivity contribution is 5.66. The van der Waals surface area contributed by atoms with E-state index in [4.69, 9.17) is 4.74 Å². The standard InChI is InChI=1S/C17H26O4/c1-9(18)21-8-14(2)6-5-7-15(3)11-10-12(19)17(14,15)13(20)16(10,11)4/h10-13,19-20H,5-8H2,1-4H3/t10?,11?,12-,13+,14-,15-,16?,17-/m1/s1. The van der Waals surface area contributed by atoms with Gasteiger partial charge in [0, 0.05) is 23.2 Å². The molecule has 5 fully saturated rings. The van der Waals surface area contributed by atoms with E-state index in [9.17, 15) is 15.0 Å². The molecule has 4 bridgehead atoms. The number of aliphatic hydroxyl groups is 2. The van der Waals surface area contributed by atoms with E-state index in [1.54, 1.807) is 0 Å². The largest absolute Gasteiger partial charge is 0.465 e. The van der Waals surface area contributed by atoms with Gasteiger partial charge in [-0.1, -0.05) is 27.2 Å². The summed E-state index contributed by atoms with van der Waals surface area (Å²) in [5, 5.41) is 22.2. The van der Waals surface area contributed by atoms with Gasteiger partial charge in [0.25, 0.3) is 0 Å². The third kappa shape index (κ3) is 1.09. The molecule has 0 saturated heterocycles. The number of rotatable bonds is 2. The maximum absolute atomic E-state index is 11.3. The Balaban J connectivity index is 1.83. The number of esters is 1. The third-order valence-corrected chi connectivity index (χ3v) is 8.11. The molecular formula is C17H26O4. The quantitative estimate of drug-likeness (QED) is 0.761. The summed E-state index contributed by atoms with van der Waals surface area (Å²) >= 11 is 0. The number of aliphatic hydroxyl groups excluding tert-OH is 2. The predicted octanol–water partition coefficient (Wildman–Crippen LogP) is 1.73. The van der Waals surface area contributed by atoms with Crippen molar-refractivity contribution in [3.05, 3.63) is 0 Å². The molecule has 5 aliphatic carbocycles. The second-order valence-electron chi connectivity index (χ2n) is 8.70. The van der Waals surface area contributed by atoms with Crippen LogP contribution >= 0.6 is 0 Å². The van der Waals surface area contributed by atoms with Gasteiger partial charge in [0.15, 0.2) is 0 Å². The lowest BCUT2D eigenvalue weighted by Gasteiger charge is -2.58. The number of hydrogen-bond donors (Lipinski definition) is 2. The molecular weight excluding hydrogens is 268 g/mol. The van der Waals surface area contributed by atoms with Crippen molar-refractivity contribution < 1.29 is 19.7 Å². The molecule has 1 spiro atoms. The molecule has 3 unspecified atom stereocenters. The van der Waals surface area contributed by atoms with Gasteiger partial charge in [-0.3, -0.25) is 4.79 Å². The van der Waals surface area contributed by atoms with Gasteiger partial charge in [0.05, 0.1) is 18.8 Å². The maximum Gasteiger partial charge on any atom is 0.302 e. The van der Waals surface area contributed by atoms with Crippen molar-refractivity contribution in [2.75, 3.05) is 6.61 Å². The van der Waals surface area contributed by atoms with Crippen LogP contribution in [0.4, 0.5) is 0 Å². The first-order valence-corrected chi connectivity index (χ1v) is 8.17. The van der Waals surface area contributed by atoms with Crippen molar-refractivity contribution in [2.45, 2.75) is 59.2 Å². The van der Waals surface area contributed by atoms with Crippen molar-refractivity contribution in [2.24, 2.45) is 33.5 Å². The Morgan fingerprint density at radius 1 is 1.24 bits per heavy atom. The maximum atomic E-state index is 11.3. The average molecular weight is 294 g/mol. The Morgan fingerprint density at radius 3 is 2.43 bits per heavy atom. The lowest BCUT2D eigenvalue weighted by atomic mass is 9.47. The molecule has 5 rings (SSSR count). The topological polar surface area (TPSA) is 66.8 Å². The van der Waals surface area contributed by atoms with E-state index in [-0.39, 0.29) is 28.1 Å². The Labute approximate surface area is 125 Å². The van der Waals surface area contributed by atoms with Gasteiger partial charge in [0.2, 0.25) is 0 Å². The molecule has 0 aliphatic heterocycles. The van der Waals surface area contributed by atoms with E-state index >= 15 is 0 Å². The first-order valence-electron chi connectivity index (χ1n) is 8.17. The van der Waals surface area contributed by atoms with Crippen LogP contribution in [0.3, 0.4) is 0 Å². The summed E-state index contributed by atoms with van der Waals surface area (Å²) in [6.45, 7) is 8.24. The van der Waals surface area contributed by atoms with E-state index in [0.717, 1.165) is 19.3 Å². The van der Waals surface area contributed by atoms with Crippen LogP contribution in [-0.4, -0.2) is 35.0 Å². The molecule has 0 aromatic heterocycles. The lowest BCUT2D eigenvalue weighted by molar-refractivity contribution is -0.201. The van der Waals surface area contributed by atoms with Crippen LogP contribution in [-0.2, 0) is 9.53 Å². The minimum atomic E-state index is -0.516. The fraction of sp³-hybridized carbons (Fsp3) is 0.941. The zero-order chi connectivity index (χ0) is 15.4. The monoisotopic (exact) mass is 294 g/mol. The highest BCUT2D eigenvalue weighted by Gasteiger charge is 2.97. The molecule has 0 aromatic carbocycles. The number of carbonyl (C=O) groups is 1. The van der Waals surface area contributed by atoms with Gasteiger partial charge in [-0.25, -0.2) is 0 Å². The molecule has 8 atom stereocenters. The highest BCUT2D eigenvalue weighted by Crippen LogP contribution is 2.94. The normalized spacial score (nSPS) is 63.3. The lowest BCUT2D eigenvalue weighted by Crippen LogP contribution is -2.61. The van der Waals surface area contributed by atoms with Gasteiger partial charge < -0.3 is 14.9 Å². The van der Waals surface area contributed by atoms with E-state index in [0.29, 0.717) is 12.5 Å². The highest BCUT2D eigenvalue weighted by atomic mass is 16.5.